The third-order valence-electron chi connectivity index (χ3n) is 5.88. The SMILES string of the molecule is CC(=O)c1cn(CCCN2CCC(Oc3ccc(F)cc3)CC2)c2ccccc12.O=C(O)C(=O)O. The van der Waals surface area contributed by atoms with Crippen LogP contribution >= 0.6 is 0 Å². The van der Waals surface area contributed by atoms with Crippen molar-refractivity contribution < 1.29 is 33.7 Å². The van der Waals surface area contributed by atoms with Crippen molar-refractivity contribution in [2.45, 2.75) is 38.8 Å². The summed E-state index contributed by atoms with van der Waals surface area (Å²) >= 11 is 0. The lowest BCUT2D eigenvalue weighted by Gasteiger charge is -2.32. The van der Waals surface area contributed by atoms with E-state index in [-0.39, 0.29) is 17.7 Å². The summed E-state index contributed by atoms with van der Waals surface area (Å²) in [5, 5.41) is 15.8. The normalized spacial score (nSPS) is 14.2. The number of benzene rings is 2. The summed E-state index contributed by atoms with van der Waals surface area (Å²) < 4.78 is 21.2. The third-order valence-corrected chi connectivity index (χ3v) is 5.88. The molecular formula is C26H29FN2O6. The summed E-state index contributed by atoms with van der Waals surface area (Å²) in [6.07, 6.45) is 5.20. The van der Waals surface area contributed by atoms with Gasteiger partial charge < -0.3 is 24.4 Å². The van der Waals surface area contributed by atoms with Gasteiger partial charge in [0, 0.05) is 42.3 Å². The zero-order valence-electron chi connectivity index (χ0n) is 19.5. The van der Waals surface area contributed by atoms with E-state index < -0.39 is 11.9 Å². The number of carbonyl (C=O) groups excluding carboxylic acids is 1. The highest BCUT2D eigenvalue weighted by Gasteiger charge is 2.20. The highest BCUT2D eigenvalue weighted by atomic mass is 19.1. The molecule has 1 aliphatic heterocycles. The number of ketones is 1. The van der Waals surface area contributed by atoms with Crippen LogP contribution < -0.4 is 4.74 Å². The Morgan fingerprint density at radius 2 is 1.60 bits per heavy atom. The molecule has 9 heteroatoms. The molecule has 3 aromatic rings. The number of likely N-dealkylation sites (tertiary alicyclic amines) is 1. The molecule has 1 saturated heterocycles. The Morgan fingerprint density at radius 3 is 2.20 bits per heavy atom. The van der Waals surface area contributed by atoms with Crippen molar-refractivity contribution in [1.29, 1.82) is 0 Å². The molecule has 0 bridgehead atoms. The van der Waals surface area contributed by atoms with Gasteiger partial charge in [-0.1, -0.05) is 18.2 Å². The van der Waals surface area contributed by atoms with Crippen molar-refractivity contribution in [2.24, 2.45) is 0 Å². The minimum atomic E-state index is -1.82. The number of aryl methyl sites for hydroxylation is 1. The first-order valence-corrected chi connectivity index (χ1v) is 11.4. The maximum Gasteiger partial charge on any atom is 0.414 e. The fourth-order valence-electron chi connectivity index (χ4n) is 4.13. The summed E-state index contributed by atoms with van der Waals surface area (Å²) in [5.74, 6) is -3.03. The van der Waals surface area contributed by atoms with Crippen LogP contribution in [0.2, 0.25) is 0 Å². The Bertz CT molecular complexity index is 1150. The Labute approximate surface area is 202 Å². The van der Waals surface area contributed by atoms with Gasteiger partial charge >= 0.3 is 11.9 Å². The second-order valence-electron chi connectivity index (χ2n) is 8.39. The summed E-state index contributed by atoms with van der Waals surface area (Å²) in [4.78, 5) is 32.6. The summed E-state index contributed by atoms with van der Waals surface area (Å²) in [6.45, 7) is 5.59. The first kappa shape index (κ1) is 25.9. The maximum absolute atomic E-state index is 13.0. The lowest BCUT2D eigenvalue weighted by Crippen LogP contribution is -2.38. The Morgan fingerprint density at radius 1 is 0.971 bits per heavy atom. The number of hydrogen-bond acceptors (Lipinski definition) is 5. The van der Waals surface area contributed by atoms with E-state index in [0.29, 0.717) is 0 Å². The fourth-order valence-corrected chi connectivity index (χ4v) is 4.13. The zero-order chi connectivity index (χ0) is 25.4. The van der Waals surface area contributed by atoms with Crippen LogP contribution in [0.1, 0.15) is 36.5 Å². The molecule has 0 spiro atoms. The third kappa shape index (κ3) is 7.38. The second kappa shape index (κ2) is 12.1. The molecule has 186 valence electrons. The average Bonchev–Trinajstić information content (AvgIpc) is 3.21. The summed E-state index contributed by atoms with van der Waals surface area (Å²) in [7, 11) is 0. The molecule has 2 N–H and O–H groups in total. The van der Waals surface area contributed by atoms with Gasteiger partial charge in [0.2, 0.25) is 0 Å². The highest BCUT2D eigenvalue weighted by molar-refractivity contribution is 6.27. The van der Waals surface area contributed by atoms with Crippen LogP contribution in [0.25, 0.3) is 10.9 Å². The van der Waals surface area contributed by atoms with E-state index in [2.05, 4.69) is 15.5 Å². The minimum absolute atomic E-state index is 0.114. The van der Waals surface area contributed by atoms with Crippen LogP contribution in [-0.2, 0) is 16.1 Å². The Kier molecular flexibility index (Phi) is 8.97. The number of aromatic nitrogens is 1. The molecule has 1 fully saturated rings. The van der Waals surface area contributed by atoms with Crippen LogP contribution in [0.4, 0.5) is 4.39 Å². The summed E-state index contributed by atoms with van der Waals surface area (Å²) in [6, 6.07) is 14.4. The molecule has 0 saturated carbocycles. The number of carboxylic acids is 2. The second-order valence-corrected chi connectivity index (χ2v) is 8.39. The Balaban J connectivity index is 0.000000509. The lowest BCUT2D eigenvalue weighted by molar-refractivity contribution is -0.159. The van der Waals surface area contributed by atoms with E-state index in [1.54, 1.807) is 19.1 Å². The number of rotatable bonds is 7. The van der Waals surface area contributed by atoms with E-state index >= 15 is 0 Å². The van der Waals surface area contributed by atoms with Gasteiger partial charge in [-0.3, -0.25) is 4.79 Å². The number of halogens is 1. The first-order chi connectivity index (χ1) is 16.7. The van der Waals surface area contributed by atoms with E-state index in [1.165, 1.54) is 12.1 Å². The molecule has 0 aliphatic carbocycles. The number of nitrogens with zero attached hydrogens (tertiary/aromatic N) is 2. The molecule has 1 aliphatic rings. The van der Waals surface area contributed by atoms with Crippen LogP contribution in [0, 0.1) is 5.82 Å². The van der Waals surface area contributed by atoms with Gasteiger partial charge in [-0.05, 0) is 63.1 Å². The first-order valence-electron chi connectivity index (χ1n) is 11.4. The number of piperidine rings is 1. The van der Waals surface area contributed by atoms with Crippen LogP contribution in [0.5, 0.6) is 5.75 Å². The number of Topliss-reactive ketones (excluding diaryl/α,β-unsaturated/α-hetero) is 1. The van der Waals surface area contributed by atoms with E-state index in [9.17, 15) is 9.18 Å². The molecule has 8 nitrogen and oxygen atoms in total. The van der Waals surface area contributed by atoms with Crippen molar-refractivity contribution >= 4 is 28.6 Å². The van der Waals surface area contributed by atoms with Gasteiger partial charge in [0.25, 0.3) is 0 Å². The number of aliphatic carboxylic acids is 2. The smallest absolute Gasteiger partial charge is 0.414 e. The van der Waals surface area contributed by atoms with Crippen molar-refractivity contribution in [3.05, 3.63) is 66.1 Å². The highest BCUT2D eigenvalue weighted by Crippen LogP contribution is 2.23. The fraction of sp³-hybridized carbons (Fsp3) is 0.346. The number of para-hydroxylation sites is 1. The molecule has 2 heterocycles. The molecule has 1 aromatic heterocycles. The molecule has 2 aromatic carbocycles. The predicted molar refractivity (Wildman–Crippen MR) is 128 cm³/mol. The van der Waals surface area contributed by atoms with Crippen molar-refractivity contribution in [2.75, 3.05) is 19.6 Å². The molecule has 35 heavy (non-hydrogen) atoms. The van der Waals surface area contributed by atoms with E-state index in [1.807, 2.05) is 24.4 Å². The average molecular weight is 485 g/mol. The molecule has 0 radical (unpaired) electrons. The monoisotopic (exact) mass is 484 g/mol. The van der Waals surface area contributed by atoms with E-state index in [4.69, 9.17) is 24.5 Å². The largest absolute Gasteiger partial charge is 0.490 e. The zero-order valence-corrected chi connectivity index (χ0v) is 19.5. The number of ether oxygens (including phenoxy) is 1. The van der Waals surface area contributed by atoms with Gasteiger partial charge in [-0.2, -0.15) is 0 Å². The van der Waals surface area contributed by atoms with Crippen molar-refractivity contribution in [3.63, 3.8) is 0 Å². The maximum atomic E-state index is 13.0. The minimum Gasteiger partial charge on any atom is -0.490 e. The standard InChI is InChI=1S/C24H27FN2O2.C2H2O4/c1-18(28)23-17-27(24-6-3-2-5-22(23)24)14-4-13-26-15-11-21(12-16-26)29-20-9-7-19(25)8-10-20;3-1(4)2(5)6/h2-3,5-10,17,21H,4,11-16H2,1H3;(H,3,4)(H,5,6). The molecule has 0 atom stereocenters. The van der Waals surface area contributed by atoms with E-state index in [0.717, 1.165) is 67.7 Å². The van der Waals surface area contributed by atoms with Crippen LogP contribution in [-0.4, -0.2) is 63.1 Å². The van der Waals surface area contributed by atoms with Crippen LogP contribution in [0.15, 0.2) is 54.7 Å². The molecule has 0 unspecified atom stereocenters. The topological polar surface area (TPSA) is 109 Å². The molecular weight excluding hydrogens is 455 g/mol. The Hall–Kier alpha value is -3.72. The quantitative estimate of drug-likeness (QED) is 0.384. The number of hydrogen-bond donors (Lipinski definition) is 2. The van der Waals surface area contributed by atoms with Gasteiger partial charge in [0.1, 0.15) is 17.7 Å². The number of carboxylic acid groups (broad SMARTS) is 2. The van der Waals surface area contributed by atoms with Gasteiger partial charge in [-0.25, -0.2) is 14.0 Å². The molecule has 4 rings (SSSR count). The predicted octanol–water partition coefficient (Wildman–Crippen LogP) is 4.07. The van der Waals surface area contributed by atoms with Crippen molar-refractivity contribution in [3.8, 4) is 5.75 Å². The van der Waals surface area contributed by atoms with Crippen molar-refractivity contribution in [1.82, 2.24) is 9.47 Å². The number of fused-ring (bicyclic) bond motifs is 1. The molecule has 0 amide bonds. The van der Waals surface area contributed by atoms with Crippen LogP contribution in [0.3, 0.4) is 0 Å². The lowest BCUT2D eigenvalue weighted by atomic mass is 10.1. The van der Waals surface area contributed by atoms with Gasteiger partial charge in [-0.15, -0.1) is 0 Å². The number of carbonyl (C=O) groups is 3. The summed E-state index contributed by atoms with van der Waals surface area (Å²) in [5.41, 5.74) is 1.93. The van der Waals surface area contributed by atoms with Gasteiger partial charge in [0.15, 0.2) is 5.78 Å². The van der Waals surface area contributed by atoms with Gasteiger partial charge in [0.05, 0.1) is 0 Å².